The molecule has 0 atom stereocenters. The van der Waals surface area contributed by atoms with E-state index < -0.39 is 0 Å². The van der Waals surface area contributed by atoms with Crippen LogP contribution in [0.2, 0.25) is 0 Å². The zero-order valence-corrected chi connectivity index (χ0v) is 7.06. The molecule has 0 aliphatic carbocycles. The Kier molecular flexibility index (Phi) is 2.69. The van der Waals surface area contributed by atoms with Crippen molar-refractivity contribution in [3.05, 3.63) is 7.05 Å². The topological polar surface area (TPSA) is 7.68 Å². The number of hydrogen-bond donors (Lipinski definition) is 1. The van der Waals surface area contributed by atoms with Crippen LogP contribution < -0.4 is 4.90 Å². The first-order valence-corrected chi connectivity index (χ1v) is 4.18. The zero-order chi connectivity index (χ0) is 7.56. The largest absolute Gasteiger partial charge is 0.465 e. The van der Waals surface area contributed by atoms with Crippen LogP contribution in [0.3, 0.4) is 0 Å². The van der Waals surface area contributed by atoms with Crippen molar-refractivity contribution in [3.8, 4) is 0 Å². The SMILES string of the molecule is [CH2-][NH+]1CC(N(CC)CC)C1. The molecule has 1 aliphatic rings. The lowest BCUT2D eigenvalue weighted by Crippen LogP contribution is -3.18. The smallest absolute Gasteiger partial charge is 0.104 e. The van der Waals surface area contributed by atoms with Crippen molar-refractivity contribution in [2.75, 3.05) is 26.2 Å². The first kappa shape index (κ1) is 8.02. The van der Waals surface area contributed by atoms with Gasteiger partial charge in [-0.3, -0.25) is 4.90 Å². The van der Waals surface area contributed by atoms with E-state index >= 15 is 0 Å². The summed E-state index contributed by atoms with van der Waals surface area (Å²) in [7, 11) is 3.93. The molecule has 0 spiro atoms. The fourth-order valence-electron chi connectivity index (χ4n) is 1.60. The average molecular weight is 142 g/mol. The minimum absolute atomic E-state index is 0.822. The van der Waals surface area contributed by atoms with Gasteiger partial charge in [-0.1, -0.05) is 13.8 Å². The molecule has 2 nitrogen and oxygen atoms in total. The Morgan fingerprint density at radius 2 is 1.90 bits per heavy atom. The van der Waals surface area contributed by atoms with Gasteiger partial charge in [-0.05, 0) is 13.1 Å². The van der Waals surface area contributed by atoms with Crippen molar-refractivity contribution in [1.82, 2.24) is 4.90 Å². The maximum Gasteiger partial charge on any atom is 0.104 e. The standard InChI is InChI=1S/C8H18N2/c1-4-10(5-2)8-6-9(3)7-8/h8-9H,3-7H2,1-2H3. The minimum atomic E-state index is 0.822. The van der Waals surface area contributed by atoms with Crippen molar-refractivity contribution in [1.29, 1.82) is 0 Å². The monoisotopic (exact) mass is 142 g/mol. The van der Waals surface area contributed by atoms with E-state index in [4.69, 9.17) is 0 Å². The van der Waals surface area contributed by atoms with Crippen LogP contribution in [0.5, 0.6) is 0 Å². The number of quaternary nitrogens is 1. The van der Waals surface area contributed by atoms with Crippen LogP contribution in [-0.2, 0) is 0 Å². The molecule has 1 aliphatic heterocycles. The second kappa shape index (κ2) is 3.35. The van der Waals surface area contributed by atoms with Gasteiger partial charge < -0.3 is 4.90 Å². The molecule has 0 saturated carbocycles. The summed E-state index contributed by atoms with van der Waals surface area (Å²) in [5.74, 6) is 0. The quantitative estimate of drug-likeness (QED) is 0.516. The molecule has 1 heterocycles. The summed E-state index contributed by atoms with van der Waals surface area (Å²) in [4.78, 5) is 3.94. The molecular weight excluding hydrogens is 124 g/mol. The number of nitrogens with zero attached hydrogens (tertiary/aromatic N) is 1. The highest BCUT2D eigenvalue weighted by atomic mass is 15.3. The van der Waals surface area contributed by atoms with Crippen LogP contribution in [0, 0.1) is 7.05 Å². The van der Waals surface area contributed by atoms with Gasteiger partial charge in [0.05, 0.1) is 13.1 Å². The highest BCUT2D eigenvalue weighted by Gasteiger charge is 2.28. The van der Waals surface area contributed by atoms with Crippen molar-refractivity contribution in [3.63, 3.8) is 0 Å². The average Bonchev–Trinajstić information content (AvgIpc) is 1.87. The van der Waals surface area contributed by atoms with E-state index in [-0.39, 0.29) is 0 Å². The molecule has 0 radical (unpaired) electrons. The second-order valence-corrected chi connectivity index (χ2v) is 3.03. The van der Waals surface area contributed by atoms with Crippen LogP contribution >= 0.6 is 0 Å². The Morgan fingerprint density at radius 3 is 2.20 bits per heavy atom. The lowest BCUT2D eigenvalue weighted by molar-refractivity contribution is -0.902. The summed E-state index contributed by atoms with van der Waals surface area (Å²) in [6, 6.07) is 0.822. The van der Waals surface area contributed by atoms with E-state index in [0.29, 0.717) is 0 Å². The van der Waals surface area contributed by atoms with Gasteiger partial charge in [0.2, 0.25) is 0 Å². The van der Waals surface area contributed by atoms with Crippen LogP contribution in [0.15, 0.2) is 0 Å². The van der Waals surface area contributed by atoms with Crippen molar-refractivity contribution in [2.45, 2.75) is 19.9 Å². The maximum atomic E-state index is 3.93. The Labute approximate surface area is 63.8 Å². The highest BCUT2D eigenvalue weighted by molar-refractivity contribution is 4.73. The summed E-state index contributed by atoms with van der Waals surface area (Å²) in [5, 5.41) is 0. The van der Waals surface area contributed by atoms with Crippen molar-refractivity contribution in [2.24, 2.45) is 0 Å². The van der Waals surface area contributed by atoms with Crippen molar-refractivity contribution >= 4 is 0 Å². The van der Waals surface area contributed by atoms with Gasteiger partial charge in [-0.2, -0.15) is 7.05 Å². The highest BCUT2D eigenvalue weighted by Crippen LogP contribution is 1.98. The summed E-state index contributed by atoms with van der Waals surface area (Å²) in [6.07, 6.45) is 0. The minimum Gasteiger partial charge on any atom is -0.465 e. The summed E-state index contributed by atoms with van der Waals surface area (Å²) in [6.45, 7) is 9.31. The third kappa shape index (κ3) is 1.50. The lowest BCUT2D eigenvalue weighted by Gasteiger charge is -2.43. The summed E-state index contributed by atoms with van der Waals surface area (Å²) >= 11 is 0. The van der Waals surface area contributed by atoms with Crippen LogP contribution in [0.1, 0.15) is 13.8 Å². The van der Waals surface area contributed by atoms with E-state index in [1.54, 1.807) is 0 Å². The van der Waals surface area contributed by atoms with Crippen LogP contribution in [-0.4, -0.2) is 37.1 Å². The number of hydrogen-bond acceptors (Lipinski definition) is 1. The fraction of sp³-hybridized carbons (Fsp3) is 0.875. The molecule has 0 amide bonds. The first-order valence-electron chi connectivity index (χ1n) is 4.18. The molecule has 1 saturated heterocycles. The van der Waals surface area contributed by atoms with Gasteiger partial charge in [0.1, 0.15) is 6.04 Å². The molecule has 0 bridgehead atoms. The van der Waals surface area contributed by atoms with Gasteiger partial charge in [0, 0.05) is 0 Å². The van der Waals surface area contributed by atoms with E-state index in [1.165, 1.54) is 31.1 Å². The third-order valence-corrected chi connectivity index (χ3v) is 2.38. The lowest BCUT2D eigenvalue weighted by atomic mass is 10.1. The van der Waals surface area contributed by atoms with E-state index in [0.717, 1.165) is 6.04 Å². The van der Waals surface area contributed by atoms with E-state index in [9.17, 15) is 0 Å². The van der Waals surface area contributed by atoms with Crippen LogP contribution in [0.25, 0.3) is 0 Å². The Morgan fingerprint density at radius 1 is 1.40 bits per heavy atom. The van der Waals surface area contributed by atoms with Crippen LogP contribution in [0.4, 0.5) is 0 Å². The molecule has 60 valence electrons. The van der Waals surface area contributed by atoms with E-state index in [2.05, 4.69) is 25.8 Å². The zero-order valence-electron chi connectivity index (χ0n) is 7.06. The summed E-state index contributed by atoms with van der Waals surface area (Å²) in [5.41, 5.74) is 0. The third-order valence-electron chi connectivity index (χ3n) is 2.38. The summed E-state index contributed by atoms with van der Waals surface area (Å²) < 4.78 is 0. The molecule has 0 unspecified atom stereocenters. The molecule has 10 heavy (non-hydrogen) atoms. The molecule has 0 aromatic rings. The fourth-order valence-corrected chi connectivity index (χ4v) is 1.60. The molecule has 1 fully saturated rings. The number of nitrogens with one attached hydrogen (secondary N) is 1. The number of likely N-dealkylation sites (N-methyl/N-ethyl adjacent to an activating group) is 1. The molecular formula is C8H18N2. The molecule has 1 N–H and O–H groups in total. The number of rotatable bonds is 3. The second-order valence-electron chi connectivity index (χ2n) is 3.03. The number of likely N-dealkylation sites (tertiary alicyclic amines) is 1. The predicted octanol–water partition coefficient (Wildman–Crippen LogP) is -0.613. The molecule has 0 aromatic heterocycles. The van der Waals surface area contributed by atoms with Gasteiger partial charge in [0.25, 0.3) is 0 Å². The van der Waals surface area contributed by atoms with Gasteiger partial charge in [0.15, 0.2) is 0 Å². The van der Waals surface area contributed by atoms with Gasteiger partial charge >= 0.3 is 0 Å². The van der Waals surface area contributed by atoms with E-state index in [1.807, 2.05) is 0 Å². The molecule has 1 rings (SSSR count). The maximum absolute atomic E-state index is 3.93. The van der Waals surface area contributed by atoms with Gasteiger partial charge in [-0.25, -0.2) is 0 Å². The Hall–Kier alpha value is -0.0800. The van der Waals surface area contributed by atoms with Gasteiger partial charge in [-0.15, -0.1) is 0 Å². The Bertz CT molecular complexity index is 93.4. The Balaban J connectivity index is 2.21. The first-order chi connectivity index (χ1) is 4.77. The predicted molar refractivity (Wildman–Crippen MR) is 42.8 cm³/mol. The molecule has 0 aromatic carbocycles. The normalized spacial score (nSPS) is 32.4. The molecule has 2 heteroatoms. The van der Waals surface area contributed by atoms with Crippen molar-refractivity contribution < 1.29 is 4.90 Å².